The van der Waals surface area contributed by atoms with Crippen LogP contribution in [0.1, 0.15) is 66.6 Å². The van der Waals surface area contributed by atoms with E-state index in [1.807, 2.05) is 13.0 Å². The van der Waals surface area contributed by atoms with E-state index in [-0.39, 0.29) is 11.7 Å². The van der Waals surface area contributed by atoms with Crippen LogP contribution in [-0.4, -0.2) is 22.4 Å². The highest BCUT2D eigenvalue weighted by Crippen LogP contribution is 2.42. The second-order valence-electron chi connectivity index (χ2n) is 10.7. The van der Waals surface area contributed by atoms with E-state index in [0.29, 0.717) is 35.0 Å². The van der Waals surface area contributed by atoms with Gasteiger partial charge in [0.1, 0.15) is 23.1 Å². The molecule has 3 N–H and O–H groups in total. The van der Waals surface area contributed by atoms with E-state index in [1.54, 1.807) is 18.3 Å². The Morgan fingerprint density at radius 1 is 0.947 bits per heavy atom. The van der Waals surface area contributed by atoms with Crippen molar-refractivity contribution in [1.82, 2.24) is 15.3 Å². The van der Waals surface area contributed by atoms with Gasteiger partial charge in [0.15, 0.2) is 0 Å². The summed E-state index contributed by atoms with van der Waals surface area (Å²) >= 11 is 0. The smallest absolute Gasteiger partial charge is 0.267 e. The number of halogens is 3. The van der Waals surface area contributed by atoms with Gasteiger partial charge in [-0.1, -0.05) is 25.7 Å². The SMILES string of the molecule is Cc1cc[nH]c1C(=O)NCCCCCCC1CC(Cc2c(-c3ccc(F)cc3)[nH]c3c(F)cc(F)cc23)C1. The van der Waals surface area contributed by atoms with Crippen molar-refractivity contribution in [3.8, 4) is 11.3 Å². The minimum absolute atomic E-state index is 0.0451. The maximum absolute atomic E-state index is 14.5. The lowest BCUT2D eigenvalue weighted by Crippen LogP contribution is -2.26. The van der Waals surface area contributed by atoms with Crippen molar-refractivity contribution >= 4 is 16.8 Å². The number of benzene rings is 2. The quantitative estimate of drug-likeness (QED) is 0.173. The molecule has 38 heavy (non-hydrogen) atoms. The minimum atomic E-state index is -0.611. The third kappa shape index (κ3) is 5.82. The highest BCUT2D eigenvalue weighted by atomic mass is 19.1. The monoisotopic (exact) mass is 521 g/mol. The van der Waals surface area contributed by atoms with Gasteiger partial charge in [-0.15, -0.1) is 0 Å². The summed E-state index contributed by atoms with van der Waals surface area (Å²) in [5.41, 5.74) is 4.31. The Kier molecular flexibility index (Phi) is 7.91. The number of amides is 1. The van der Waals surface area contributed by atoms with E-state index in [1.165, 1.54) is 31.0 Å². The van der Waals surface area contributed by atoms with Gasteiger partial charge in [-0.2, -0.15) is 0 Å². The number of unbranched alkanes of at least 4 members (excludes halogenated alkanes) is 3. The van der Waals surface area contributed by atoms with Gasteiger partial charge in [0.25, 0.3) is 5.91 Å². The molecule has 200 valence electrons. The molecule has 5 rings (SSSR count). The summed E-state index contributed by atoms with van der Waals surface area (Å²) in [7, 11) is 0. The molecule has 1 fully saturated rings. The van der Waals surface area contributed by atoms with Crippen molar-refractivity contribution in [3.05, 3.63) is 82.9 Å². The molecule has 0 saturated heterocycles. The Morgan fingerprint density at radius 3 is 2.45 bits per heavy atom. The van der Waals surface area contributed by atoms with Crippen molar-refractivity contribution in [2.75, 3.05) is 6.54 Å². The van der Waals surface area contributed by atoms with Crippen LogP contribution in [-0.2, 0) is 6.42 Å². The number of rotatable bonds is 11. The number of hydrogen-bond donors (Lipinski definition) is 3. The highest BCUT2D eigenvalue weighted by Gasteiger charge is 2.30. The number of H-pyrrole nitrogens is 2. The van der Waals surface area contributed by atoms with Crippen LogP contribution in [0.2, 0.25) is 0 Å². The molecule has 0 bridgehead atoms. The Balaban J connectivity index is 1.09. The molecule has 4 aromatic rings. The molecule has 1 amide bonds. The predicted octanol–water partition coefficient (Wildman–Crippen LogP) is 7.84. The van der Waals surface area contributed by atoms with Crippen molar-refractivity contribution in [3.63, 3.8) is 0 Å². The van der Waals surface area contributed by atoms with Gasteiger partial charge in [-0.05, 0) is 97.5 Å². The van der Waals surface area contributed by atoms with Crippen LogP contribution < -0.4 is 5.32 Å². The molecule has 2 aromatic heterocycles. The Bertz CT molecular complexity index is 1400. The number of aromatic nitrogens is 2. The fraction of sp³-hybridized carbons (Fsp3) is 0.387. The molecule has 7 heteroatoms. The zero-order valence-corrected chi connectivity index (χ0v) is 21.7. The van der Waals surface area contributed by atoms with Crippen molar-refractivity contribution in [2.24, 2.45) is 11.8 Å². The van der Waals surface area contributed by atoms with E-state index < -0.39 is 11.6 Å². The molecule has 1 saturated carbocycles. The number of nitrogens with one attached hydrogen (secondary N) is 3. The first-order valence-electron chi connectivity index (χ1n) is 13.6. The second kappa shape index (κ2) is 11.5. The summed E-state index contributed by atoms with van der Waals surface area (Å²) in [4.78, 5) is 18.2. The first kappa shape index (κ1) is 26.1. The van der Waals surface area contributed by atoms with E-state index >= 15 is 0 Å². The molecular formula is C31H34F3N3O. The number of aryl methyl sites for hydroxylation is 1. The number of aromatic amines is 2. The number of fused-ring (bicyclic) bond motifs is 1. The summed E-state index contributed by atoms with van der Waals surface area (Å²) in [5.74, 6) is -0.427. The predicted molar refractivity (Wildman–Crippen MR) is 144 cm³/mol. The largest absolute Gasteiger partial charge is 0.357 e. The minimum Gasteiger partial charge on any atom is -0.357 e. The molecule has 1 aliphatic rings. The van der Waals surface area contributed by atoms with Crippen LogP contribution in [0.3, 0.4) is 0 Å². The van der Waals surface area contributed by atoms with Gasteiger partial charge in [0.2, 0.25) is 0 Å². The molecule has 2 aromatic carbocycles. The lowest BCUT2D eigenvalue weighted by Gasteiger charge is -2.36. The molecular weight excluding hydrogens is 487 g/mol. The molecule has 2 heterocycles. The van der Waals surface area contributed by atoms with E-state index in [2.05, 4.69) is 15.3 Å². The van der Waals surface area contributed by atoms with Crippen molar-refractivity contribution < 1.29 is 18.0 Å². The van der Waals surface area contributed by atoms with Gasteiger partial charge >= 0.3 is 0 Å². The molecule has 1 aliphatic carbocycles. The van der Waals surface area contributed by atoms with E-state index in [0.717, 1.165) is 67.0 Å². The summed E-state index contributed by atoms with van der Waals surface area (Å²) in [6.45, 7) is 2.60. The Morgan fingerprint density at radius 2 is 1.71 bits per heavy atom. The first-order chi connectivity index (χ1) is 18.4. The third-order valence-electron chi connectivity index (χ3n) is 7.90. The van der Waals surface area contributed by atoms with Crippen LogP contribution in [0, 0.1) is 36.2 Å². The molecule has 0 aliphatic heterocycles. The average molecular weight is 522 g/mol. The molecule has 0 spiro atoms. The number of carbonyl (C=O) groups excluding carboxylic acids is 1. The lowest BCUT2D eigenvalue weighted by atomic mass is 9.70. The summed E-state index contributed by atoms with van der Waals surface area (Å²) < 4.78 is 42.1. The van der Waals surface area contributed by atoms with E-state index in [4.69, 9.17) is 0 Å². The van der Waals surface area contributed by atoms with Crippen LogP contribution in [0.5, 0.6) is 0 Å². The normalized spacial score (nSPS) is 17.1. The van der Waals surface area contributed by atoms with Crippen molar-refractivity contribution in [1.29, 1.82) is 0 Å². The fourth-order valence-electron chi connectivity index (χ4n) is 5.81. The van der Waals surface area contributed by atoms with Gasteiger partial charge in [-0.3, -0.25) is 4.79 Å². The zero-order valence-electron chi connectivity index (χ0n) is 21.7. The topological polar surface area (TPSA) is 60.7 Å². The van der Waals surface area contributed by atoms with Gasteiger partial charge < -0.3 is 15.3 Å². The molecule has 0 unspecified atom stereocenters. The standard InChI is InChI=1S/C31H34F3N3O/c1-19-11-13-35-28(19)31(38)36-12-5-3-2-4-6-20-14-21(15-20)16-25-26-17-24(33)18-27(34)30(26)37-29(25)22-7-9-23(32)10-8-22/h7-11,13,17-18,20-21,35,37H,2-6,12,14-16H2,1H3,(H,36,38). The summed E-state index contributed by atoms with van der Waals surface area (Å²) in [6, 6.07) is 10.3. The summed E-state index contributed by atoms with van der Waals surface area (Å²) in [5, 5.41) is 3.55. The van der Waals surface area contributed by atoms with Crippen LogP contribution in [0.25, 0.3) is 22.2 Å². The number of hydrogen-bond acceptors (Lipinski definition) is 1. The van der Waals surface area contributed by atoms with Crippen LogP contribution >= 0.6 is 0 Å². The fourth-order valence-corrected chi connectivity index (χ4v) is 5.81. The first-order valence-corrected chi connectivity index (χ1v) is 13.6. The third-order valence-corrected chi connectivity index (χ3v) is 7.90. The van der Waals surface area contributed by atoms with E-state index in [9.17, 15) is 18.0 Å². The zero-order chi connectivity index (χ0) is 26.6. The molecule has 0 atom stereocenters. The number of carbonyl (C=O) groups is 1. The van der Waals surface area contributed by atoms with Crippen molar-refractivity contribution in [2.45, 2.75) is 58.3 Å². The lowest BCUT2D eigenvalue weighted by molar-refractivity contribution is 0.0948. The molecule has 0 radical (unpaired) electrons. The van der Waals surface area contributed by atoms with Crippen LogP contribution in [0.15, 0.2) is 48.7 Å². The van der Waals surface area contributed by atoms with Gasteiger partial charge in [0.05, 0.1) is 5.52 Å². The maximum Gasteiger partial charge on any atom is 0.267 e. The Hall–Kier alpha value is -3.48. The second-order valence-corrected chi connectivity index (χ2v) is 10.7. The maximum atomic E-state index is 14.5. The molecule has 4 nitrogen and oxygen atoms in total. The Labute approximate surface area is 221 Å². The van der Waals surface area contributed by atoms with Crippen LogP contribution in [0.4, 0.5) is 13.2 Å². The van der Waals surface area contributed by atoms with Gasteiger partial charge in [-0.25, -0.2) is 13.2 Å². The summed E-state index contributed by atoms with van der Waals surface area (Å²) in [6.07, 6.45) is 10.3. The average Bonchev–Trinajstić information content (AvgIpc) is 3.45. The highest BCUT2D eigenvalue weighted by molar-refractivity contribution is 5.93. The van der Waals surface area contributed by atoms with Gasteiger partial charge in [0, 0.05) is 29.9 Å².